The van der Waals surface area contributed by atoms with Gasteiger partial charge in [0.25, 0.3) is 0 Å². The Kier molecular flexibility index (Phi) is 3.56. The van der Waals surface area contributed by atoms with Gasteiger partial charge in [0.2, 0.25) is 0 Å². The van der Waals surface area contributed by atoms with E-state index in [0.717, 1.165) is 25.4 Å². The Labute approximate surface area is 120 Å². The highest BCUT2D eigenvalue weighted by molar-refractivity contribution is 5.63. The molecule has 0 radical (unpaired) electrons. The summed E-state index contributed by atoms with van der Waals surface area (Å²) in [6.07, 6.45) is 4.47. The summed E-state index contributed by atoms with van der Waals surface area (Å²) in [5.74, 6) is 0.598. The number of aromatic nitrogens is 1. The van der Waals surface area contributed by atoms with Crippen LogP contribution in [0.1, 0.15) is 26.7 Å². The van der Waals surface area contributed by atoms with Gasteiger partial charge >= 0.3 is 0 Å². The number of hydrogen-bond donors (Lipinski definition) is 2. The molecule has 3 N–H and O–H groups in total. The van der Waals surface area contributed by atoms with E-state index in [1.807, 2.05) is 12.1 Å². The van der Waals surface area contributed by atoms with Gasteiger partial charge in [-0.3, -0.25) is 0 Å². The zero-order valence-corrected chi connectivity index (χ0v) is 12.3. The van der Waals surface area contributed by atoms with Crippen LogP contribution < -0.4 is 16.0 Å². The van der Waals surface area contributed by atoms with Crippen LogP contribution in [0.25, 0.3) is 0 Å². The smallest absolute Gasteiger partial charge is 0.146 e. The SMILES string of the molecule is CC(C)(NC1CC1)C1CN(c2cccnc2N)CCO1. The second-order valence-corrected chi connectivity index (χ2v) is 6.35. The lowest BCUT2D eigenvalue weighted by molar-refractivity contribution is -0.0134. The third kappa shape index (κ3) is 2.88. The first-order valence-electron chi connectivity index (χ1n) is 7.41. The summed E-state index contributed by atoms with van der Waals surface area (Å²) in [6, 6.07) is 4.64. The van der Waals surface area contributed by atoms with E-state index in [1.165, 1.54) is 12.8 Å². The van der Waals surface area contributed by atoms with Crippen LogP contribution >= 0.6 is 0 Å². The molecule has 0 amide bonds. The summed E-state index contributed by atoms with van der Waals surface area (Å²) in [7, 11) is 0. The van der Waals surface area contributed by atoms with Crippen LogP contribution in [-0.2, 0) is 4.74 Å². The van der Waals surface area contributed by atoms with Gasteiger partial charge in [-0.05, 0) is 38.8 Å². The number of pyridine rings is 1. The zero-order valence-electron chi connectivity index (χ0n) is 12.3. The highest BCUT2D eigenvalue weighted by Gasteiger charge is 2.38. The van der Waals surface area contributed by atoms with Gasteiger partial charge in [-0.15, -0.1) is 0 Å². The molecule has 20 heavy (non-hydrogen) atoms. The molecule has 5 nitrogen and oxygen atoms in total. The highest BCUT2D eigenvalue weighted by atomic mass is 16.5. The molecule has 2 aliphatic rings. The van der Waals surface area contributed by atoms with Crippen LogP contribution in [0.5, 0.6) is 0 Å². The van der Waals surface area contributed by atoms with Crippen molar-refractivity contribution in [2.75, 3.05) is 30.3 Å². The van der Waals surface area contributed by atoms with Crippen molar-refractivity contribution in [3.05, 3.63) is 18.3 Å². The van der Waals surface area contributed by atoms with E-state index in [9.17, 15) is 0 Å². The summed E-state index contributed by atoms with van der Waals surface area (Å²) in [6.45, 7) is 6.90. The topological polar surface area (TPSA) is 63.4 Å². The molecular weight excluding hydrogens is 252 g/mol. The maximum absolute atomic E-state index is 6.00. The molecule has 1 unspecified atom stereocenters. The van der Waals surface area contributed by atoms with Gasteiger partial charge in [0.1, 0.15) is 5.82 Å². The second kappa shape index (κ2) is 5.22. The molecule has 2 fully saturated rings. The molecule has 3 rings (SSSR count). The van der Waals surface area contributed by atoms with E-state index in [4.69, 9.17) is 10.5 Å². The Bertz CT molecular complexity index is 473. The molecule has 2 heterocycles. The van der Waals surface area contributed by atoms with Crippen LogP contribution in [0, 0.1) is 0 Å². The highest BCUT2D eigenvalue weighted by Crippen LogP contribution is 2.29. The number of hydrogen-bond acceptors (Lipinski definition) is 5. The zero-order chi connectivity index (χ0) is 14.2. The normalized spacial score (nSPS) is 23.9. The maximum atomic E-state index is 6.00. The van der Waals surface area contributed by atoms with E-state index in [-0.39, 0.29) is 11.6 Å². The number of nitrogens with zero attached hydrogens (tertiary/aromatic N) is 2. The van der Waals surface area contributed by atoms with Gasteiger partial charge in [-0.2, -0.15) is 0 Å². The quantitative estimate of drug-likeness (QED) is 0.870. The van der Waals surface area contributed by atoms with Gasteiger partial charge < -0.3 is 20.7 Å². The Hall–Kier alpha value is -1.33. The van der Waals surface area contributed by atoms with Crippen molar-refractivity contribution in [1.82, 2.24) is 10.3 Å². The first kappa shape index (κ1) is 13.6. The molecule has 1 saturated carbocycles. The molecule has 1 aliphatic heterocycles. The molecule has 110 valence electrons. The van der Waals surface area contributed by atoms with Crippen molar-refractivity contribution in [3.63, 3.8) is 0 Å². The van der Waals surface area contributed by atoms with Gasteiger partial charge in [0, 0.05) is 30.9 Å². The summed E-state index contributed by atoms with van der Waals surface area (Å²) in [5.41, 5.74) is 6.99. The number of anilines is 2. The minimum atomic E-state index is -0.0171. The number of nitrogen functional groups attached to an aromatic ring is 1. The lowest BCUT2D eigenvalue weighted by Gasteiger charge is -2.42. The van der Waals surface area contributed by atoms with Crippen LogP contribution in [0.2, 0.25) is 0 Å². The van der Waals surface area contributed by atoms with Gasteiger partial charge in [0.15, 0.2) is 0 Å². The predicted molar refractivity (Wildman–Crippen MR) is 80.8 cm³/mol. The van der Waals surface area contributed by atoms with Crippen LogP contribution in [0.15, 0.2) is 18.3 Å². The predicted octanol–water partition coefficient (Wildman–Crippen LogP) is 1.40. The van der Waals surface area contributed by atoms with Crippen molar-refractivity contribution in [2.24, 2.45) is 0 Å². The van der Waals surface area contributed by atoms with Crippen molar-refractivity contribution in [2.45, 2.75) is 44.4 Å². The number of rotatable bonds is 4. The monoisotopic (exact) mass is 276 g/mol. The molecule has 0 bridgehead atoms. The standard InChI is InChI=1S/C15H24N4O/c1-15(2,18-11-5-6-11)13-10-19(8-9-20-13)12-4-3-7-17-14(12)16/h3-4,7,11,13,18H,5-6,8-10H2,1-2H3,(H2,16,17). The van der Waals surface area contributed by atoms with E-state index < -0.39 is 0 Å². The van der Waals surface area contributed by atoms with Crippen molar-refractivity contribution in [3.8, 4) is 0 Å². The molecular formula is C15H24N4O. The van der Waals surface area contributed by atoms with Crippen molar-refractivity contribution >= 4 is 11.5 Å². The first-order valence-corrected chi connectivity index (χ1v) is 7.41. The Morgan fingerprint density at radius 3 is 2.95 bits per heavy atom. The minimum Gasteiger partial charge on any atom is -0.382 e. The molecule has 1 aliphatic carbocycles. The Morgan fingerprint density at radius 2 is 2.25 bits per heavy atom. The number of morpholine rings is 1. The van der Waals surface area contributed by atoms with Gasteiger partial charge in [0.05, 0.1) is 18.4 Å². The van der Waals surface area contributed by atoms with E-state index in [2.05, 4.69) is 29.0 Å². The average molecular weight is 276 g/mol. The fourth-order valence-corrected chi connectivity index (χ4v) is 2.83. The minimum absolute atomic E-state index is 0.0171. The van der Waals surface area contributed by atoms with Crippen molar-refractivity contribution < 1.29 is 4.74 Å². The van der Waals surface area contributed by atoms with Crippen LogP contribution in [-0.4, -0.2) is 42.4 Å². The van der Waals surface area contributed by atoms with E-state index in [0.29, 0.717) is 11.9 Å². The van der Waals surface area contributed by atoms with Gasteiger partial charge in [-0.25, -0.2) is 4.98 Å². The molecule has 0 spiro atoms. The third-order valence-corrected chi connectivity index (χ3v) is 4.18. The maximum Gasteiger partial charge on any atom is 0.146 e. The number of ether oxygens (including phenoxy) is 1. The first-order chi connectivity index (χ1) is 9.56. The summed E-state index contributed by atoms with van der Waals surface area (Å²) < 4.78 is 6.00. The average Bonchev–Trinajstić information content (AvgIpc) is 3.23. The lowest BCUT2D eigenvalue weighted by atomic mass is 9.95. The molecule has 5 heteroatoms. The Balaban J connectivity index is 1.71. The van der Waals surface area contributed by atoms with Crippen molar-refractivity contribution in [1.29, 1.82) is 0 Å². The lowest BCUT2D eigenvalue weighted by Crippen LogP contribution is -2.59. The van der Waals surface area contributed by atoms with Crippen LogP contribution in [0.3, 0.4) is 0 Å². The van der Waals surface area contributed by atoms with E-state index in [1.54, 1.807) is 6.20 Å². The second-order valence-electron chi connectivity index (χ2n) is 6.35. The largest absolute Gasteiger partial charge is 0.382 e. The van der Waals surface area contributed by atoms with Crippen LogP contribution in [0.4, 0.5) is 11.5 Å². The molecule has 1 saturated heterocycles. The summed E-state index contributed by atoms with van der Waals surface area (Å²) in [4.78, 5) is 6.46. The third-order valence-electron chi connectivity index (χ3n) is 4.18. The van der Waals surface area contributed by atoms with Gasteiger partial charge in [-0.1, -0.05) is 0 Å². The fraction of sp³-hybridized carbons (Fsp3) is 0.667. The summed E-state index contributed by atoms with van der Waals surface area (Å²) in [5, 5.41) is 3.69. The molecule has 1 atom stereocenters. The fourth-order valence-electron chi connectivity index (χ4n) is 2.83. The molecule has 0 aromatic carbocycles. The number of nitrogens with two attached hydrogens (primary N) is 1. The number of nitrogens with one attached hydrogen (secondary N) is 1. The summed E-state index contributed by atoms with van der Waals surface area (Å²) >= 11 is 0. The van der Waals surface area contributed by atoms with E-state index >= 15 is 0 Å². The molecule has 1 aromatic heterocycles. The molecule has 1 aromatic rings. The Morgan fingerprint density at radius 1 is 1.45 bits per heavy atom.